The van der Waals surface area contributed by atoms with Gasteiger partial charge in [-0.05, 0) is 64.3 Å². The minimum absolute atomic E-state index is 0.500. The second-order valence-electron chi connectivity index (χ2n) is 8.16. The van der Waals surface area contributed by atoms with Crippen LogP contribution in [0.2, 0.25) is 0 Å². The zero-order chi connectivity index (χ0) is 27.2. The molecule has 0 bridgehead atoms. The highest BCUT2D eigenvalue weighted by Crippen LogP contribution is 2.29. The molecule has 0 spiro atoms. The Morgan fingerprint density at radius 1 is 0.909 bits per heavy atom. The normalized spacial score (nSPS) is 15.1. The van der Waals surface area contributed by atoms with Crippen molar-refractivity contribution in [2.24, 2.45) is 0 Å². The Kier molecular flexibility index (Phi) is 27.1. The van der Waals surface area contributed by atoms with Crippen molar-refractivity contribution in [2.75, 3.05) is 20.3 Å². The Hall–Kier alpha value is -1.87. The van der Waals surface area contributed by atoms with Gasteiger partial charge in [0.1, 0.15) is 0 Å². The summed E-state index contributed by atoms with van der Waals surface area (Å²) >= 11 is 0. The predicted molar refractivity (Wildman–Crippen MR) is 151 cm³/mol. The number of hydrogen-bond donors (Lipinski definition) is 1. The lowest BCUT2D eigenvalue weighted by molar-refractivity contribution is -0.0650. The topological polar surface area (TPSA) is 23.5 Å². The number of alkyl halides is 1. The van der Waals surface area contributed by atoms with Gasteiger partial charge in [0.15, 0.2) is 0 Å². The molecule has 0 saturated carbocycles. The molecule has 2 nitrogen and oxygen atoms in total. The molecule has 0 aromatic heterocycles. The molecule has 1 aliphatic heterocycles. The van der Waals surface area contributed by atoms with Crippen molar-refractivity contribution in [3.05, 3.63) is 71.0 Å². The summed E-state index contributed by atoms with van der Waals surface area (Å²) in [5.41, 5.74) is 6.04. The van der Waals surface area contributed by atoms with Gasteiger partial charge < -0.3 is 10.0 Å². The van der Waals surface area contributed by atoms with Crippen molar-refractivity contribution in [3.8, 4) is 0 Å². The molecule has 0 unspecified atom stereocenters. The van der Waals surface area contributed by atoms with E-state index in [4.69, 9.17) is 0 Å². The lowest BCUT2D eigenvalue weighted by atomic mass is 9.92. The fraction of sp³-hybridized carbons (Fsp3) is 0.600. The Balaban J connectivity index is -0.000000362. The van der Waals surface area contributed by atoms with E-state index in [1.807, 2.05) is 41.5 Å². The first-order chi connectivity index (χ1) is 15.4. The van der Waals surface area contributed by atoms with Crippen LogP contribution in [0.1, 0.15) is 95.9 Å². The summed E-state index contributed by atoms with van der Waals surface area (Å²) in [6.45, 7) is 34.2. The number of halogens is 1. The predicted octanol–water partition coefficient (Wildman–Crippen LogP) is 9.37. The minimum atomic E-state index is -0.585. The van der Waals surface area contributed by atoms with Crippen LogP contribution in [0, 0.1) is 0 Å². The van der Waals surface area contributed by atoms with Crippen LogP contribution in [0.25, 0.3) is 0 Å². The maximum absolute atomic E-state index is 9.89. The van der Waals surface area contributed by atoms with E-state index in [0.29, 0.717) is 20.3 Å². The Bertz CT molecular complexity index is 638. The molecule has 0 aromatic carbocycles. The van der Waals surface area contributed by atoms with Crippen LogP contribution in [0.5, 0.6) is 0 Å². The van der Waals surface area contributed by atoms with Gasteiger partial charge in [-0.1, -0.05) is 96.9 Å². The zero-order valence-corrected chi connectivity index (χ0v) is 24.3. The van der Waals surface area contributed by atoms with Gasteiger partial charge in [0.2, 0.25) is 0 Å². The molecule has 0 aliphatic carbocycles. The molecule has 1 fully saturated rings. The monoisotopic (exact) mass is 465 g/mol. The highest BCUT2D eigenvalue weighted by atomic mass is 19.1. The minimum Gasteiger partial charge on any atom is -0.386 e. The van der Waals surface area contributed by atoms with Crippen molar-refractivity contribution >= 4 is 0 Å². The SMILES string of the molecule is C=C(C)C(=C\C(C)=C/C)/C(/C=C(/C)C(=C)N1CC(C)(O)C1)=C/C.CC.CCC.CCC.CF. The maximum atomic E-state index is 9.89. The van der Waals surface area contributed by atoms with Gasteiger partial charge in [-0.15, -0.1) is 0 Å². The van der Waals surface area contributed by atoms with Crippen molar-refractivity contribution < 1.29 is 9.50 Å². The van der Waals surface area contributed by atoms with Crippen LogP contribution in [0.15, 0.2) is 71.0 Å². The summed E-state index contributed by atoms with van der Waals surface area (Å²) in [6.07, 6.45) is 11.0. The van der Waals surface area contributed by atoms with Gasteiger partial charge in [0, 0.05) is 18.8 Å². The Morgan fingerprint density at radius 3 is 1.58 bits per heavy atom. The fourth-order valence-corrected chi connectivity index (χ4v) is 2.61. The van der Waals surface area contributed by atoms with E-state index < -0.39 is 5.60 Å². The van der Waals surface area contributed by atoms with Gasteiger partial charge in [0.25, 0.3) is 0 Å². The standard InChI is InChI=1S/C21H31NO.2C3H8.C2H6.CH3F/c1-9-16(5)11-20(15(3)4)19(10-2)12-17(6)18(7)22-13-21(8,23)14-22;2*1-3-2;2*1-2/h9-12,23H,3,7,13-14H2,1-2,4-6,8H3;2*3H2,1-2H3;1-2H3;1H3/b16-9-,17-12-,19-10+,20-11+;;;;. The Morgan fingerprint density at radius 2 is 1.30 bits per heavy atom. The molecule has 0 aromatic rings. The number of aliphatic hydroxyl groups is 1. The molecule has 1 saturated heterocycles. The number of hydrogen-bond acceptors (Lipinski definition) is 2. The van der Waals surface area contributed by atoms with Crippen molar-refractivity contribution in [1.29, 1.82) is 0 Å². The molecule has 1 rings (SSSR count). The molecular weight excluding hydrogens is 409 g/mol. The molecule has 0 atom stereocenters. The van der Waals surface area contributed by atoms with E-state index in [1.165, 1.54) is 18.4 Å². The maximum Gasteiger partial charge on any atom is 0.0967 e. The number of nitrogens with zero attached hydrogens (tertiary/aromatic N) is 1. The van der Waals surface area contributed by atoms with Crippen LogP contribution >= 0.6 is 0 Å². The van der Waals surface area contributed by atoms with Crippen LogP contribution in [-0.4, -0.2) is 35.9 Å². The Labute approximate surface area is 207 Å². The fourth-order valence-electron chi connectivity index (χ4n) is 2.61. The molecule has 1 heterocycles. The average Bonchev–Trinajstić information content (AvgIpc) is 2.77. The van der Waals surface area contributed by atoms with Crippen molar-refractivity contribution in [3.63, 3.8) is 0 Å². The van der Waals surface area contributed by atoms with Crippen LogP contribution in [0.3, 0.4) is 0 Å². The molecular formula is C30H56FNO. The van der Waals surface area contributed by atoms with E-state index in [9.17, 15) is 9.50 Å². The summed E-state index contributed by atoms with van der Waals surface area (Å²) in [5.74, 6) is 0. The highest BCUT2D eigenvalue weighted by Gasteiger charge is 2.37. The molecule has 1 N–H and O–H groups in total. The van der Waals surface area contributed by atoms with Gasteiger partial charge in [-0.25, -0.2) is 0 Å². The summed E-state index contributed by atoms with van der Waals surface area (Å²) < 4.78 is 9.50. The third-order valence-electron chi connectivity index (χ3n) is 4.18. The first kappa shape index (κ1) is 38.4. The molecule has 0 amide bonds. The van der Waals surface area contributed by atoms with Gasteiger partial charge in [0.05, 0.1) is 12.8 Å². The molecule has 1 aliphatic rings. The van der Waals surface area contributed by atoms with Gasteiger partial charge in [-0.3, -0.25) is 4.39 Å². The lowest BCUT2D eigenvalue weighted by Gasteiger charge is -2.46. The summed E-state index contributed by atoms with van der Waals surface area (Å²) in [5, 5.41) is 9.89. The largest absolute Gasteiger partial charge is 0.386 e. The number of β-amino-alcohol motifs (C(OH)–C–C–N with tert-alkyl or cyclic N) is 1. The van der Waals surface area contributed by atoms with E-state index in [2.05, 4.69) is 83.9 Å². The van der Waals surface area contributed by atoms with E-state index in [0.717, 1.165) is 28.0 Å². The number of rotatable bonds is 6. The molecule has 33 heavy (non-hydrogen) atoms. The van der Waals surface area contributed by atoms with Crippen LogP contribution < -0.4 is 0 Å². The average molecular weight is 466 g/mol. The highest BCUT2D eigenvalue weighted by molar-refractivity contribution is 5.54. The van der Waals surface area contributed by atoms with Gasteiger partial charge in [-0.2, -0.15) is 0 Å². The zero-order valence-electron chi connectivity index (χ0n) is 24.3. The van der Waals surface area contributed by atoms with E-state index >= 15 is 0 Å². The molecule has 3 heteroatoms. The summed E-state index contributed by atoms with van der Waals surface area (Å²) in [7, 11) is 0.500. The third kappa shape index (κ3) is 18.3. The number of allylic oxidation sites excluding steroid dienone is 9. The van der Waals surface area contributed by atoms with Crippen molar-refractivity contribution in [1.82, 2.24) is 4.90 Å². The first-order valence-electron chi connectivity index (χ1n) is 12.3. The molecule has 194 valence electrons. The molecule has 0 radical (unpaired) electrons. The lowest BCUT2D eigenvalue weighted by Crippen LogP contribution is -2.58. The van der Waals surface area contributed by atoms with Gasteiger partial charge >= 0.3 is 0 Å². The van der Waals surface area contributed by atoms with Crippen molar-refractivity contribution in [2.45, 2.75) is 102 Å². The summed E-state index contributed by atoms with van der Waals surface area (Å²) in [4.78, 5) is 2.11. The quantitative estimate of drug-likeness (QED) is 0.395. The third-order valence-corrected chi connectivity index (χ3v) is 4.18. The summed E-state index contributed by atoms with van der Waals surface area (Å²) in [6, 6.07) is 0. The first-order valence-corrected chi connectivity index (χ1v) is 12.3. The van der Waals surface area contributed by atoms with Crippen LogP contribution in [-0.2, 0) is 0 Å². The second kappa shape index (κ2) is 23.3. The van der Waals surface area contributed by atoms with Crippen LogP contribution in [0.4, 0.5) is 4.39 Å². The smallest absolute Gasteiger partial charge is 0.0967 e. The second-order valence-corrected chi connectivity index (χ2v) is 8.16. The van der Waals surface area contributed by atoms with E-state index in [-0.39, 0.29) is 0 Å². The number of likely N-dealkylation sites (tertiary alicyclic amines) is 1. The van der Waals surface area contributed by atoms with E-state index in [1.54, 1.807) is 0 Å².